The maximum Gasteiger partial charge on any atom is 0.261 e. The predicted octanol–water partition coefficient (Wildman–Crippen LogP) is 5.47. The lowest BCUT2D eigenvalue weighted by Gasteiger charge is -2.45. The Hall–Kier alpha value is -2.28. The van der Waals surface area contributed by atoms with Gasteiger partial charge in [0.25, 0.3) is 8.32 Å². The Morgan fingerprint density at radius 2 is 1.37 bits per heavy atom. The molecule has 0 saturated carbocycles. The number of rotatable bonds is 9. The molecule has 5 heteroatoms. The van der Waals surface area contributed by atoms with Crippen molar-refractivity contribution in [3.8, 4) is 0 Å². The first-order chi connectivity index (χ1) is 16.8. The van der Waals surface area contributed by atoms with Crippen molar-refractivity contribution in [2.75, 3.05) is 13.7 Å². The van der Waals surface area contributed by atoms with Crippen LogP contribution in [0.1, 0.15) is 46.0 Å². The van der Waals surface area contributed by atoms with E-state index in [9.17, 15) is 0 Å². The highest BCUT2D eigenvalue weighted by molar-refractivity contribution is 6.99. The molecule has 35 heavy (non-hydrogen) atoms. The van der Waals surface area contributed by atoms with Crippen LogP contribution < -0.4 is 10.4 Å². The molecule has 0 aliphatic carbocycles. The van der Waals surface area contributed by atoms with Crippen molar-refractivity contribution in [3.63, 3.8) is 0 Å². The normalized spacial score (nSPS) is 20.5. The van der Waals surface area contributed by atoms with Gasteiger partial charge in [-0.05, 0) is 22.3 Å². The zero-order chi connectivity index (χ0) is 24.9. The Morgan fingerprint density at radius 1 is 0.857 bits per heavy atom. The van der Waals surface area contributed by atoms with Crippen LogP contribution in [0.4, 0.5) is 0 Å². The third-order valence-electron chi connectivity index (χ3n) is 6.86. The van der Waals surface area contributed by atoms with Gasteiger partial charge in [-0.15, -0.1) is 0 Å². The second-order valence-corrected chi connectivity index (χ2v) is 14.6. The van der Waals surface area contributed by atoms with E-state index in [4.69, 9.17) is 18.6 Å². The predicted molar refractivity (Wildman–Crippen MR) is 144 cm³/mol. The molecule has 1 saturated heterocycles. The van der Waals surface area contributed by atoms with E-state index in [1.54, 1.807) is 7.11 Å². The molecule has 186 valence electrons. The molecule has 4 rings (SSSR count). The molecule has 1 heterocycles. The first-order valence-electron chi connectivity index (χ1n) is 12.5. The maximum atomic E-state index is 7.24. The van der Waals surface area contributed by atoms with Gasteiger partial charge < -0.3 is 18.6 Å². The quantitative estimate of drug-likeness (QED) is 0.373. The van der Waals surface area contributed by atoms with E-state index < -0.39 is 8.32 Å². The Bertz CT molecular complexity index is 997. The lowest BCUT2D eigenvalue weighted by molar-refractivity contribution is -0.0958. The van der Waals surface area contributed by atoms with E-state index in [1.807, 2.05) is 30.3 Å². The summed E-state index contributed by atoms with van der Waals surface area (Å²) in [7, 11) is -0.876. The van der Waals surface area contributed by atoms with Crippen LogP contribution in [0.15, 0.2) is 91.0 Å². The largest absolute Gasteiger partial charge is 0.405 e. The summed E-state index contributed by atoms with van der Waals surface area (Å²) in [6, 6.07) is 31.6. The molecule has 1 fully saturated rings. The molecule has 1 aliphatic rings. The van der Waals surface area contributed by atoms with Crippen LogP contribution in [0.2, 0.25) is 5.04 Å². The van der Waals surface area contributed by atoms with Crippen LogP contribution in [0, 0.1) is 0 Å². The summed E-state index contributed by atoms with van der Waals surface area (Å²) in [4.78, 5) is 0. The average Bonchev–Trinajstić information content (AvgIpc) is 3.37. The number of benzene rings is 3. The van der Waals surface area contributed by atoms with Crippen molar-refractivity contribution >= 4 is 18.7 Å². The zero-order valence-corrected chi connectivity index (χ0v) is 22.5. The Kier molecular flexibility index (Phi) is 8.25. The Labute approximate surface area is 211 Å². The first kappa shape index (κ1) is 25.8. The van der Waals surface area contributed by atoms with Gasteiger partial charge in [0.05, 0.1) is 12.7 Å². The number of methoxy groups -OCH3 is 1. The van der Waals surface area contributed by atoms with Gasteiger partial charge in [0.15, 0.2) is 6.29 Å². The van der Waals surface area contributed by atoms with E-state index in [0.29, 0.717) is 6.61 Å². The highest BCUT2D eigenvalue weighted by Crippen LogP contribution is 2.38. The molecule has 4 nitrogen and oxygen atoms in total. The van der Waals surface area contributed by atoms with Crippen molar-refractivity contribution in [1.82, 2.24) is 0 Å². The molecule has 3 aromatic carbocycles. The smallest absolute Gasteiger partial charge is 0.261 e. The summed E-state index contributed by atoms with van der Waals surface area (Å²) in [6.45, 7) is 9.58. The minimum Gasteiger partial charge on any atom is -0.405 e. The van der Waals surface area contributed by atoms with E-state index in [-0.39, 0.29) is 29.6 Å². The van der Waals surface area contributed by atoms with Gasteiger partial charge in [-0.1, -0.05) is 112 Å². The third-order valence-corrected chi connectivity index (χ3v) is 12.0. The third kappa shape index (κ3) is 5.60. The molecule has 0 N–H and O–H groups in total. The molecule has 1 aliphatic heterocycles. The maximum absolute atomic E-state index is 7.24. The van der Waals surface area contributed by atoms with E-state index in [1.165, 1.54) is 10.4 Å². The SMILES string of the molecule is CO[C@@H](C[C@@H](C)O[Si](c1ccccc1)(c1ccccc1)C(C)(C)C)[C@@H]1COC(c2ccccc2)O1. The fourth-order valence-electron chi connectivity index (χ4n) is 5.17. The van der Waals surface area contributed by atoms with Crippen molar-refractivity contribution in [2.24, 2.45) is 0 Å². The lowest BCUT2D eigenvalue weighted by atomic mass is 10.1. The highest BCUT2D eigenvalue weighted by atomic mass is 28.4. The van der Waals surface area contributed by atoms with Crippen molar-refractivity contribution in [1.29, 1.82) is 0 Å². The summed E-state index contributed by atoms with van der Waals surface area (Å²) < 4.78 is 25.4. The second-order valence-electron chi connectivity index (χ2n) is 10.4. The molecule has 0 aromatic heterocycles. The van der Waals surface area contributed by atoms with Gasteiger partial charge in [-0.2, -0.15) is 0 Å². The van der Waals surface area contributed by atoms with Gasteiger partial charge in [0, 0.05) is 25.2 Å². The number of hydrogen-bond donors (Lipinski definition) is 0. The molecule has 0 spiro atoms. The lowest BCUT2D eigenvalue weighted by Crippen LogP contribution is -2.67. The molecule has 0 amide bonds. The molecular formula is C30H38O4Si. The minimum absolute atomic E-state index is 0.0365. The van der Waals surface area contributed by atoms with Gasteiger partial charge in [-0.25, -0.2) is 0 Å². The van der Waals surface area contributed by atoms with E-state index in [0.717, 1.165) is 12.0 Å². The van der Waals surface area contributed by atoms with Crippen LogP contribution in [0.5, 0.6) is 0 Å². The van der Waals surface area contributed by atoms with Crippen LogP contribution >= 0.6 is 0 Å². The Balaban J connectivity index is 1.57. The summed E-state index contributed by atoms with van der Waals surface area (Å²) >= 11 is 0. The van der Waals surface area contributed by atoms with Crippen LogP contribution in [0.25, 0.3) is 0 Å². The van der Waals surface area contributed by atoms with Crippen LogP contribution in [0.3, 0.4) is 0 Å². The van der Waals surface area contributed by atoms with Crippen molar-refractivity contribution < 1.29 is 18.6 Å². The fourth-order valence-corrected chi connectivity index (χ4v) is 9.88. The Morgan fingerprint density at radius 3 is 1.86 bits per heavy atom. The van der Waals surface area contributed by atoms with Gasteiger partial charge in [0.1, 0.15) is 6.10 Å². The summed E-state index contributed by atoms with van der Waals surface area (Å²) in [6.07, 6.45) is 0.0565. The van der Waals surface area contributed by atoms with Crippen LogP contribution in [-0.4, -0.2) is 40.3 Å². The van der Waals surface area contributed by atoms with Gasteiger partial charge in [0.2, 0.25) is 0 Å². The zero-order valence-electron chi connectivity index (χ0n) is 21.5. The van der Waals surface area contributed by atoms with E-state index in [2.05, 4.69) is 88.4 Å². The molecule has 1 unspecified atom stereocenters. The first-order valence-corrected chi connectivity index (χ1v) is 14.4. The van der Waals surface area contributed by atoms with Gasteiger partial charge >= 0.3 is 0 Å². The summed E-state index contributed by atoms with van der Waals surface area (Å²) in [5.41, 5.74) is 1.03. The molecule has 0 radical (unpaired) electrons. The minimum atomic E-state index is -2.63. The highest BCUT2D eigenvalue weighted by Gasteiger charge is 2.51. The molecule has 4 atom stereocenters. The van der Waals surface area contributed by atoms with Crippen LogP contribution in [-0.2, 0) is 18.6 Å². The summed E-state index contributed by atoms with van der Waals surface area (Å²) in [5, 5.41) is 2.49. The fraction of sp³-hybridized carbons (Fsp3) is 0.400. The molecule has 3 aromatic rings. The average molecular weight is 491 g/mol. The summed E-state index contributed by atoms with van der Waals surface area (Å²) in [5.74, 6) is 0. The van der Waals surface area contributed by atoms with Crippen molar-refractivity contribution in [2.45, 2.75) is 63.8 Å². The van der Waals surface area contributed by atoms with Gasteiger partial charge in [-0.3, -0.25) is 0 Å². The molecular weight excluding hydrogens is 452 g/mol. The molecule has 0 bridgehead atoms. The number of ether oxygens (including phenoxy) is 3. The standard InChI is InChI=1S/C30H38O4Si/c1-23(21-27(31-5)28-22-32-29(33-28)24-15-9-6-10-16-24)34-35(30(2,3)4,25-17-11-7-12-18-25)26-19-13-8-14-20-26/h6-20,23,27-29H,21-22H2,1-5H3/t23-,27+,28+,29?/m1/s1. The van der Waals surface area contributed by atoms with Crippen molar-refractivity contribution in [3.05, 3.63) is 96.6 Å². The monoisotopic (exact) mass is 490 g/mol. The second kappa shape index (κ2) is 11.2. The van der Waals surface area contributed by atoms with E-state index >= 15 is 0 Å². The topological polar surface area (TPSA) is 36.9 Å². The number of hydrogen-bond acceptors (Lipinski definition) is 4.